The zero-order valence-electron chi connectivity index (χ0n) is 15.9. The van der Waals surface area contributed by atoms with E-state index in [0.717, 1.165) is 23.2 Å². The molecule has 1 N–H and O–H groups in total. The Kier molecular flexibility index (Phi) is 4.19. The Bertz CT molecular complexity index is 1200. The lowest BCUT2D eigenvalue weighted by Crippen LogP contribution is -2.49. The summed E-state index contributed by atoms with van der Waals surface area (Å²) < 4.78 is 1.88. The number of rotatable bonds is 2. The van der Waals surface area contributed by atoms with Crippen LogP contribution in [0, 0.1) is 5.92 Å². The van der Waals surface area contributed by atoms with Crippen LogP contribution in [0.5, 0.6) is 0 Å². The fourth-order valence-electron chi connectivity index (χ4n) is 4.68. The highest BCUT2D eigenvalue weighted by atomic mass is 16.2. The molecule has 0 unspecified atom stereocenters. The highest BCUT2D eigenvalue weighted by molar-refractivity contribution is 5.94. The summed E-state index contributed by atoms with van der Waals surface area (Å²) in [6, 6.07) is 16.7. The number of hydrogen-bond acceptors (Lipinski definition) is 3. The molecular formula is C23H21N3O3. The molecule has 1 aromatic carbocycles. The van der Waals surface area contributed by atoms with Gasteiger partial charge in [0.15, 0.2) is 0 Å². The Labute approximate surface area is 167 Å². The van der Waals surface area contributed by atoms with E-state index < -0.39 is 0 Å². The maximum absolute atomic E-state index is 13.0. The van der Waals surface area contributed by atoms with Gasteiger partial charge in [-0.1, -0.05) is 30.3 Å². The fraction of sp³-hybridized carbons (Fsp3) is 0.261. The van der Waals surface area contributed by atoms with Crippen LogP contribution in [0.25, 0.3) is 11.1 Å². The van der Waals surface area contributed by atoms with E-state index >= 15 is 0 Å². The molecule has 3 aromatic rings. The number of piperidine rings is 1. The van der Waals surface area contributed by atoms with Crippen LogP contribution in [0.1, 0.15) is 28.4 Å². The molecule has 0 radical (unpaired) electrons. The summed E-state index contributed by atoms with van der Waals surface area (Å²) >= 11 is 0. The van der Waals surface area contributed by atoms with Gasteiger partial charge < -0.3 is 14.5 Å². The number of nitrogens with one attached hydrogen (secondary N) is 1. The third-order valence-corrected chi connectivity index (χ3v) is 5.97. The number of H-pyrrole nitrogens is 1. The van der Waals surface area contributed by atoms with E-state index in [-0.39, 0.29) is 28.9 Å². The van der Waals surface area contributed by atoms with E-state index in [4.69, 9.17) is 0 Å². The number of fused-ring (bicyclic) bond motifs is 4. The molecule has 4 heterocycles. The highest BCUT2D eigenvalue weighted by Crippen LogP contribution is 2.37. The van der Waals surface area contributed by atoms with Crippen LogP contribution in [0.15, 0.2) is 70.4 Å². The predicted octanol–water partition coefficient (Wildman–Crippen LogP) is 2.46. The van der Waals surface area contributed by atoms with Gasteiger partial charge in [-0.05, 0) is 35.6 Å². The first-order chi connectivity index (χ1) is 14.1. The van der Waals surface area contributed by atoms with Gasteiger partial charge in [0, 0.05) is 55.1 Å². The van der Waals surface area contributed by atoms with E-state index in [0.29, 0.717) is 25.2 Å². The minimum atomic E-state index is -0.280. The summed E-state index contributed by atoms with van der Waals surface area (Å²) in [6.45, 7) is 1.78. The van der Waals surface area contributed by atoms with Crippen LogP contribution in [-0.2, 0) is 6.54 Å². The lowest BCUT2D eigenvalue weighted by Gasteiger charge is -2.43. The smallest absolute Gasteiger partial charge is 0.254 e. The molecule has 1 amide bonds. The van der Waals surface area contributed by atoms with Gasteiger partial charge in [0.05, 0.1) is 0 Å². The maximum atomic E-state index is 13.0. The zero-order chi connectivity index (χ0) is 20.0. The minimum absolute atomic E-state index is 0.0189. The molecule has 1 saturated heterocycles. The van der Waals surface area contributed by atoms with Crippen LogP contribution in [0.2, 0.25) is 0 Å². The first-order valence-electron chi connectivity index (χ1n) is 9.87. The minimum Gasteiger partial charge on any atom is -0.338 e. The van der Waals surface area contributed by atoms with Crippen LogP contribution in [0.4, 0.5) is 0 Å². The normalized spacial score (nSPS) is 20.2. The Balaban J connectivity index is 1.49. The van der Waals surface area contributed by atoms with Crippen LogP contribution in [-0.4, -0.2) is 33.4 Å². The van der Waals surface area contributed by atoms with Crippen molar-refractivity contribution in [1.29, 1.82) is 0 Å². The van der Waals surface area contributed by atoms with Crippen molar-refractivity contribution in [3.8, 4) is 11.1 Å². The molecule has 0 aliphatic carbocycles. The van der Waals surface area contributed by atoms with Gasteiger partial charge in [0.2, 0.25) is 5.56 Å². The summed E-state index contributed by atoms with van der Waals surface area (Å²) in [7, 11) is 0. The average molecular weight is 387 g/mol. The molecule has 2 aliphatic rings. The lowest BCUT2D eigenvalue weighted by molar-refractivity contribution is 0.0594. The second-order valence-electron chi connectivity index (χ2n) is 7.93. The molecule has 1 fully saturated rings. The van der Waals surface area contributed by atoms with Crippen molar-refractivity contribution in [2.24, 2.45) is 5.92 Å². The lowest BCUT2D eigenvalue weighted by atomic mass is 9.82. The molecule has 5 rings (SSSR count). The summed E-state index contributed by atoms with van der Waals surface area (Å²) in [5, 5.41) is 0. The van der Waals surface area contributed by atoms with Crippen LogP contribution >= 0.6 is 0 Å². The standard InChI is InChI=1S/C23H21N3O3/c27-21-10-17(6-7-24-21)23(29)25-12-15-8-19(14-25)20-9-18(11-22(28)26(20)13-15)16-4-2-1-3-5-16/h1-7,9-11,15,19H,8,12-14H2,(H,24,27)/t15-,19+/m0/s1. The van der Waals surface area contributed by atoms with E-state index in [1.807, 2.05) is 39.8 Å². The number of carbonyl (C=O) groups is 1. The van der Waals surface area contributed by atoms with E-state index in [1.165, 1.54) is 12.3 Å². The van der Waals surface area contributed by atoms with Crippen molar-refractivity contribution < 1.29 is 4.79 Å². The summed E-state index contributed by atoms with van der Waals surface area (Å²) in [4.78, 5) is 41.7. The highest BCUT2D eigenvalue weighted by Gasteiger charge is 2.36. The van der Waals surface area contributed by atoms with Crippen molar-refractivity contribution in [1.82, 2.24) is 14.5 Å². The SMILES string of the molecule is O=C(c1cc[nH]c(=O)c1)N1C[C@@H]2C[C@H](C1)c1cc(-c3ccccc3)cc(=O)n1C2. The van der Waals surface area contributed by atoms with Gasteiger partial charge in [0.25, 0.3) is 11.5 Å². The number of likely N-dealkylation sites (tertiary alicyclic amines) is 1. The van der Waals surface area contributed by atoms with Crippen molar-refractivity contribution in [2.75, 3.05) is 13.1 Å². The zero-order valence-corrected chi connectivity index (χ0v) is 15.9. The van der Waals surface area contributed by atoms with Crippen molar-refractivity contribution in [2.45, 2.75) is 18.9 Å². The Morgan fingerprint density at radius 2 is 1.76 bits per heavy atom. The van der Waals surface area contributed by atoms with E-state index in [1.54, 1.807) is 12.1 Å². The summed E-state index contributed by atoms with van der Waals surface area (Å²) in [5.41, 5.74) is 3.07. The first-order valence-corrected chi connectivity index (χ1v) is 9.87. The number of amides is 1. The van der Waals surface area contributed by atoms with Gasteiger partial charge in [-0.25, -0.2) is 0 Å². The Morgan fingerprint density at radius 3 is 2.55 bits per heavy atom. The van der Waals surface area contributed by atoms with Crippen molar-refractivity contribution >= 4 is 5.91 Å². The molecule has 0 saturated carbocycles. The number of aromatic nitrogens is 2. The summed E-state index contributed by atoms with van der Waals surface area (Å²) in [6.07, 6.45) is 2.47. The second kappa shape index (κ2) is 6.88. The van der Waals surface area contributed by atoms with Crippen LogP contribution < -0.4 is 11.1 Å². The molecule has 0 spiro atoms. The van der Waals surface area contributed by atoms with Crippen molar-refractivity contribution in [3.05, 3.63) is 92.8 Å². The van der Waals surface area contributed by atoms with E-state index in [9.17, 15) is 14.4 Å². The van der Waals surface area contributed by atoms with Crippen molar-refractivity contribution in [3.63, 3.8) is 0 Å². The summed E-state index contributed by atoms with van der Waals surface area (Å²) in [5.74, 6) is 0.234. The van der Waals surface area contributed by atoms with E-state index in [2.05, 4.69) is 11.1 Å². The van der Waals surface area contributed by atoms with Gasteiger partial charge in [-0.2, -0.15) is 0 Å². The largest absolute Gasteiger partial charge is 0.338 e. The molecule has 2 bridgehead atoms. The number of hydrogen-bond donors (Lipinski definition) is 1. The van der Waals surface area contributed by atoms with Gasteiger partial charge >= 0.3 is 0 Å². The monoisotopic (exact) mass is 387 g/mol. The number of benzene rings is 1. The fourth-order valence-corrected chi connectivity index (χ4v) is 4.68. The average Bonchev–Trinajstić information content (AvgIpc) is 2.74. The van der Waals surface area contributed by atoms with Gasteiger partial charge in [-0.3, -0.25) is 14.4 Å². The second-order valence-corrected chi connectivity index (χ2v) is 7.93. The topological polar surface area (TPSA) is 75.2 Å². The third-order valence-electron chi connectivity index (χ3n) is 5.97. The number of nitrogens with zero attached hydrogens (tertiary/aromatic N) is 2. The molecule has 6 nitrogen and oxygen atoms in total. The third kappa shape index (κ3) is 3.20. The molecule has 2 aromatic heterocycles. The van der Waals surface area contributed by atoms with Gasteiger partial charge in [0.1, 0.15) is 0 Å². The quantitative estimate of drug-likeness (QED) is 0.734. The molecule has 2 atom stereocenters. The molecule has 6 heteroatoms. The molecular weight excluding hydrogens is 366 g/mol. The number of aromatic amines is 1. The van der Waals surface area contributed by atoms with Crippen LogP contribution in [0.3, 0.4) is 0 Å². The molecule has 2 aliphatic heterocycles. The Morgan fingerprint density at radius 1 is 0.931 bits per heavy atom. The number of pyridine rings is 2. The Hall–Kier alpha value is -3.41. The predicted molar refractivity (Wildman–Crippen MR) is 110 cm³/mol. The molecule has 29 heavy (non-hydrogen) atoms. The number of carbonyl (C=O) groups excluding carboxylic acids is 1. The van der Waals surface area contributed by atoms with Gasteiger partial charge in [-0.15, -0.1) is 0 Å². The molecule has 146 valence electrons. The first kappa shape index (κ1) is 17.7. The maximum Gasteiger partial charge on any atom is 0.254 e.